The molecule has 0 bridgehead atoms. The normalized spacial score (nSPS) is 10.2. The molecule has 16 heavy (non-hydrogen) atoms. The van der Waals surface area contributed by atoms with Gasteiger partial charge in [-0.05, 0) is 6.07 Å². The van der Waals surface area contributed by atoms with E-state index in [9.17, 15) is 28.8 Å². The van der Waals surface area contributed by atoms with Gasteiger partial charge in [0.25, 0.3) is 11.6 Å². The maximum absolute atomic E-state index is 11.9. The second kappa shape index (κ2) is 4.51. The molecule has 6 nitrogen and oxygen atoms in total. The number of amides is 1. The van der Waals surface area contributed by atoms with Crippen LogP contribution in [0.3, 0.4) is 0 Å². The third kappa shape index (κ3) is 2.41. The number of carbonyl (C=O) groups excluding carboxylic acids is 1. The molecule has 86 valence electrons. The third-order valence-electron chi connectivity index (χ3n) is 1.66. The predicted octanol–water partition coefficient (Wildman–Crippen LogP) is 1.50. The minimum Gasteiger partial charge on any atom is -0.505 e. The van der Waals surface area contributed by atoms with Gasteiger partial charge < -0.3 is 10.4 Å². The number of benzene rings is 1. The lowest BCUT2D eigenvalue weighted by molar-refractivity contribution is -0.384. The SMILES string of the molecule is O=C(Nc1c(O)cccc1[N+](=O)[O-])C(F)F. The fourth-order valence-electron chi connectivity index (χ4n) is 0.986. The summed E-state index contributed by atoms with van der Waals surface area (Å²) >= 11 is 0. The number of nitrogens with one attached hydrogen (secondary N) is 1. The topological polar surface area (TPSA) is 92.5 Å². The summed E-state index contributed by atoms with van der Waals surface area (Å²) in [5, 5.41) is 21.3. The van der Waals surface area contributed by atoms with E-state index in [0.717, 1.165) is 18.2 Å². The molecular weight excluding hydrogens is 226 g/mol. The zero-order valence-electron chi connectivity index (χ0n) is 7.68. The number of alkyl halides is 2. The molecule has 1 aromatic carbocycles. The lowest BCUT2D eigenvalue weighted by atomic mass is 10.2. The Morgan fingerprint density at radius 1 is 1.50 bits per heavy atom. The molecule has 0 saturated carbocycles. The van der Waals surface area contributed by atoms with E-state index < -0.39 is 34.4 Å². The van der Waals surface area contributed by atoms with Crippen LogP contribution >= 0.6 is 0 Å². The molecule has 0 aliphatic rings. The van der Waals surface area contributed by atoms with Crippen LogP contribution in [0.2, 0.25) is 0 Å². The Hall–Kier alpha value is -2.25. The fraction of sp³-hybridized carbons (Fsp3) is 0.125. The van der Waals surface area contributed by atoms with Crippen LogP contribution in [0.1, 0.15) is 0 Å². The van der Waals surface area contributed by atoms with Crippen molar-refractivity contribution in [1.29, 1.82) is 0 Å². The highest BCUT2D eigenvalue weighted by molar-refractivity contribution is 5.96. The smallest absolute Gasteiger partial charge is 0.315 e. The Morgan fingerprint density at radius 3 is 2.62 bits per heavy atom. The fourth-order valence-corrected chi connectivity index (χ4v) is 0.986. The van der Waals surface area contributed by atoms with Gasteiger partial charge in [-0.2, -0.15) is 8.78 Å². The Labute approximate surface area is 87.7 Å². The Balaban J connectivity index is 3.11. The zero-order chi connectivity index (χ0) is 12.3. The maximum atomic E-state index is 11.9. The van der Waals surface area contributed by atoms with Crippen LogP contribution in [0.5, 0.6) is 5.75 Å². The number of para-hydroxylation sites is 1. The Morgan fingerprint density at radius 2 is 2.12 bits per heavy atom. The van der Waals surface area contributed by atoms with Crippen molar-refractivity contribution in [3.63, 3.8) is 0 Å². The minimum atomic E-state index is -3.32. The van der Waals surface area contributed by atoms with E-state index in [1.807, 2.05) is 0 Å². The van der Waals surface area contributed by atoms with Crippen LogP contribution in [0.15, 0.2) is 18.2 Å². The maximum Gasteiger partial charge on any atom is 0.315 e. The van der Waals surface area contributed by atoms with Crippen molar-refractivity contribution < 1.29 is 23.6 Å². The summed E-state index contributed by atoms with van der Waals surface area (Å²) in [6.45, 7) is 0. The van der Waals surface area contributed by atoms with E-state index in [4.69, 9.17) is 0 Å². The lowest BCUT2D eigenvalue weighted by Gasteiger charge is -2.06. The molecular formula is C8H6F2N2O4. The average Bonchev–Trinajstić information content (AvgIpc) is 2.20. The van der Waals surface area contributed by atoms with Crippen molar-refractivity contribution in [3.05, 3.63) is 28.3 Å². The number of nitro groups is 1. The molecule has 1 rings (SSSR count). The molecule has 0 aliphatic heterocycles. The van der Waals surface area contributed by atoms with Gasteiger partial charge in [-0.15, -0.1) is 0 Å². The number of phenolic OH excluding ortho intramolecular Hbond substituents is 1. The number of carbonyl (C=O) groups is 1. The van der Waals surface area contributed by atoms with E-state index in [1.165, 1.54) is 0 Å². The van der Waals surface area contributed by atoms with Crippen molar-refractivity contribution in [3.8, 4) is 5.75 Å². The van der Waals surface area contributed by atoms with Crippen molar-refractivity contribution in [1.82, 2.24) is 0 Å². The third-order valence-corrected chi connectivity index (χ3v) is 1.66. The first-order valence-electron chi connectivity index (χ1n) is 3.99. The quantitative estimate of drug-likeness (QED) is 0.469. The van der Waals surface area contributed by atoms with Gasteiger partial charge in [0.2, 0.25) is 0 Å². The van der Waals surface area contributed by atoms with Crippen LogP contribution in [-0.2, 0) is 4.79 Å². The first kappa shape index (κ1) is 11.8. The van der Waals surface area contributed by atoms with Crippen LogP contribution in [0, 0.1) is 10.1 Å². The number of phenols is 1. The summed E-state index contributed by atoms with van der Waals surface area (Å²) in [4.78, 5) is 20.2. The second-order valence-corrected chi connectivity index (χ2v) is 2.72. The molecule has 0 saturated heterocycles. The van der Waals surface area contributed by atoms with E-state index in [2.05, 4.69) is 0 Å². The minimum absolute atomic E-state index is 0.641. The number of hydrogen-bond acceptors (Lipinski definition) is 4. The molecule has 8 heteroatoms. The zero-order valence-corrected chi connectivity index (χ0v) is 7.68. The van der Waals surface area contributed by atoms with Gasteiger partial charge >= 0.3 is 6.43 Å². The van der Waals surface area contributed by atoms with Gasteiger partial charge in [0, 0.05) is 6.07 Å². The Kier molecular flexibility index (Phi) is 3.33. The van der Waals surface area contributed by atoms with Crippen LogP contribution in [-0.4, -0.2) is 22.4 Å². The number of aromatic hydroxyl groups is 1. The van der Waals surface area contributed by atoms with Gasteiger partial charge in [0.05, 0.1) is 4.92 Å². The van der Waals surface area contributed by atoms with Crippen molar-refractivity contribution in [2.45, 2.75) is 6.43 Å². The molecule has 0 aromatic heterocycles. The molecule has 0 fully saturated rings. The first-order chi connectivity index (χ1) is 7.43. The molecule has 1 aromatic rings. The number of anilines is 1. The van der Waals surface area contributed by atoms with Gasteiger partial charge in [-0.3, -0.25) is 14.9 Å². The standard InChI is InChI=1S/C8H6F2N2O4/c9-7(10)8(14)11-6-4(12(15)16)2-1-3-5(6)13/h1-3,7,13H,(H,11,14). The molecule has 0 heterocycles. The molecule has 0 radical (unpaired) electrons. The molecule has 2 N–H and O–H groups in total. The summed E-state index contributed by atoms with van der Waals surface area (Å²) in [5.74, 6) is -2.37. The monoisotopic (exact) mass is 232 g/mol. The first-order valence-corrected chi connectivity index (χ1v) is 3.99. The van der Waals surface area contributed by atoms with E-state index >= 15 is 0 Å². The number of halogens is 2. The summed E-state index contributed by atoms with van der Waals surface area (Å²) in [6.07, 6.45) is -3.32. The van der Waals surface area contributed by atoms with Gasteiger partial charge in [0.15, 0.2) is 5.69 Å². The second-order valence-electron chi connectivity index (χ2n) is 2.72. The van der Waals surface area contributed by atoms with Gasteiger partial charge in [0.1, 0.15) is 5.75 Å². The van der Waals surface area contributed by atoms with Crippen LogP contribution in [0.25, 0.3) is 0 Å². The molecule has 1 amide bonds. The molecule has 0 spiro atoms. The predicted molar refractivity (Wildman–Crippen MR) is 49.4 cm³/mol. The average molecular weight is 232 g/mol. The van der Waals surface area contributed by atoms with Gasteiger partial charge in [-0.1, -0.05) is 6.07 Å². The number of rotatable bonds is 3. The Bertz CT molecular complexity index is 436. The number of nitrogens with zero attached hydrogens (tertiary/aromatic N) is 1. The van der Waals surface area contributed by atoms with E-state index in [0.29, 0.717) is 0 Å². The van der Waals surface area contributed by atoms with Crippen molar-refractivity contribution in [2.75, 3.05) is 5.32 Å². The highest BCUT2D eigenvalue weighted by Crippen LogP contribution is 2.33. The summed E-state index contributed by atoms with van der Waals surface area (Å²) in [6, 6.07) is 3.17. The highest BCUT2D eigenvalue weighted by Gasteiger charge is 2.23. The van der Waals surface area contributed by atoms with Crippen molar-refractivity contribution >= 4 is 17.3 Å². The lowest BCUT2D eigenvalue weighted by Crippen LogP contribution is -2.20. The highest BCUT2D eigenvalue weighted by atomic mass is 19.3. The summed E-state index contributed by atoms with van der Waals surface area (Å²) in [7, 11) is 0. The molecule has 0 aliphatic carbocycles. The largest absolute Gasteiger partial charge is 0.505 e. The van der Waals surface area contributed by atoms with Crippen molar-refractivity contribution in [2.24, 2.45) is 0 Å². The van der Waals surface area contributed by atoms with E-state index in [-0.39, 0.29) is 0 Å². The number of nitro benzene ring substituents is 1. The summed E-state index contributed by atoms with van der Waals surface area (Å²) in [5.41, 5.74) is -1.30. The van der Waals surface area contributed by atoms with E-state index in [1.54, 1.807) is 5.32 Å². The summed E-state index contributed by atoms with van der Waals surface area (Å²) < 4.78 is 23.8. The van der Waals surface area contributed by atoms with Crippen LogP contribution in [0.4, 0.5) is 20.2 Å². The number of hydrogen-bond donors (Lipinski definition) is 2. The molecule has 0 unspecified atom stereocenters. The molecule has 0 atom stereocenters. The van der Waals surface area contributed by atoms with Gasteiger partial charge in [-0.25, -0.2) is 0 Å². The van der Waals surface area contributed by atoms with Crippen LogP contribution < -0.4 is 5.32 Å².